The van der Waals surface area contributed by atoms with Gasteiger partial charge < -0.3 is 19.8 Å². The Morgan fingerprint density at radius 1 is 1.12 bits per heavy atom. The van der Waals surface area contributed by atoms with Crippen molar-refractivity contribution in [1.82, 2.24) is 14.7 Å². The van der Waals surface area contributed by atoms with Gasteiger partial charge in [-0.25, -0.2) is 0 Å². The van der Waals surface area contributed by atoms with Crippen LogP contribution in [0.1, 0.15) is 44.6 Å². The third-order valence-electron chi connectivity index (χ3n) is 8.40. The molecular formula is C31H42BrN3O4S. The Balaban J connectivity index is 1.72. The van der Waals surface area contributed by atoms with Crippen molar-refractivity contribution in [1.29, 1.82) is 0 Å². The van der Waals surface area contributed by atoms with Gasteiger partial charge in [0.15, 0.2) is 0 Å². The topological polar surface area (TPSA) is 81.2 Å². The summed E-state index contributed by atoms with van der Waals surface area (Å²) in [6.45, 7) is 12.2. The lowest BCUT2D eigenvalue weighted by molar-refractivity contribution is -0.144. The summed E-state index contributed by atoms with van der Waals surface area (Å²) >= 11 is 5.54. The van der Waals surface area contributed by atoms with E-state index in [0.717, 1.165) is 18.4 Å². The lowest BCUT2D eigenvalue weighted by Crippen LogP contribution is -2.55. The summed E-state index contributed by atoms with van der Waals surface area (Å²) in [5.41, 5.74) is 1.01. The number of halogens is 1. The number of likely N-dealkylation sites (tertiary alicyclic amines) is 1. The molecule has 3 aliphatic rings. The summed E-state index contributed by atoms with van der Waals surface area (Å²) < 4.78 is -0.674. The maximum absolute atomic E-state index is 14.5. The average Bonchev–Trinajstić information content (AvgIpc) is 3.54. The van der Waals surface area contributed by atoms with E-state index in [1.807, 2.05) is 42.2 Å². The lowest BCUT2D eigenvalue weighted by atomic mass is 9.70. The fraction of sp³-hybridized carbons (Fsp3) is 0.581. The molecule has 7 nitrogen and oxygen atoms in total. The molecule has 6 atom stereocenters. The largest absolute Gasteiger partial charge is 0.396 e. The number of benzene rings is 1. The molecule has 4 rings (SSSR count). The molecule has 0 saturated carbocycles. The van der Waals surface area contributed by atoms with Crippen molar-refractivity contribution in [2.75, 3.05) is 32.8 Å². The van der Waals surface area contributed by atoms with E-state index in [1.165, 1.54) is 0 Å². The quantitative estimate of drug-likeness (QED) is 0.178. The maximum Gasteiger partial charge on any atom is 0.247 e. The number of aliphatic hydroxyl groups excluding tert-OH is 1. The Bertz CT molecular complexity index is 1090. The SMILES string of the molecule is C=CCN(Cc1ccccc1)C(=O)C1N(CCCCCO)C(=O)[C@@H]2[C@@H](C(=O)N(CC=C)CCC)[C@@H]3SC12CC3Br. The van der Waals surface area contributed by atoms with Gasteiger partial charge in [0.2, 0.25) is 17.7 Å². The van der Waals surface area contributed by atoms with Crippen LogP contribution in [0.4, 0.5) is 0 Å². The monoisotopic (exact) mass is 631 g/mol. The van der Waals surface area contributed by atoms with Crippen LogP contribution in [0.2, 0.25) is 0 Å². The molecule has 1 aromatic rings. The van der Waals surface area contributed by atoms with Crippen LogP contribution in [0.25, 0.3) is 0 Å². The van der Waals surface area contributed by atoms with Gasteiger partial charge in [-0.2, -0.15) is 0 Å². The van der Waals surface area contributed by atoms with Crippen LogP contribution in [-0.2, 0) is 20.9 Å². The predicted molar refractivity (Wildman–Crippen MR) is 164 cm³/mol. The zero-order chi connectivity index (χ0) is 28.9. The first-order valence-corrected chi connectivity index (χ1v) is 16.2. The number of carbonyl (C=O) groups is 3. The first-order valence-electron chi connectivity index (χ1n) is 14.4. The van der Waals surface area contributed by atoms with Crippen LogP contribution < -0.4 is 0 Å². The summed E-state index contributed by atoms with van der Waals surface area (Å²) in [7, 11) is 0. The van der Waals surface area contributed by atoms with Crippen LogP contribution in [0.15, 0.2) is 55.6 Å². The molecule has 1 N–H and O–H groups in total. The van der Waals surface area contributed by atoms with Crippen LogP contribution in [0.3, 0.4) is 0 Å². The van der Waals surface area contributed by atoms with Crippen molar-refractivity contribution >= 4 is 45.4 Å². The lowest BCUT2D eigenvalue weighted by Gasteiger charge is -2.38. The maximum atomic E-state index is 14.5. The third-order valence-corrected chi connectivity index (χ3v) is 11.6. The summed E-state index contributed by atoms with van der Waals surface area (Å²) in [5, 5.41) is 9.22. The van der Waals surface area contributed by atoms with E-state index in [4.69, 9.17) is 0 Å². The van der Waals surface area contributed by atoms with E-state index in [2.05, 4.69) is 29.1 Å². The molecule has 1 aromatic carbocycles. The number of aliphatic hydroxyl groups is 1. The second-order valence-electron chi connectivity index (χ2n) is 11.0. The molecule has 3 amide bonds. The molecule has 218 valence electrons. The summed E-state index contributed by atoms with van der Waals surface area (Å²) in [6.07, 6.45) is 7.07. The first kappa shape index (κ1) is 30.8. The predicted octanol–water partition coefficient (Wildman–Crippen LogP) is 4.25. The van der Waals surface area contributed by atoms with Crippen LogP contribution >= 0.6 is 27.7 Å². The van der Waals surface area contributed by atoms with Crippen molar-refractivity contribution in [2.24, 2.45) is 11.8 Å². The average molecular weight is 633 g/mol. The normalized spacial score (nSPS) is 28.4. The van der Waals surface area contributed by atoms with Crippen molar-refractivity contribution in [3.63, 3.8) is 0 Å². The Labute approximate surface area is 251 Å². The summed E-state index contributed by atoms with van der Waals surface area (Å²) in [5.74, 6) is -1.20. The number of thioether (sulfide) groups is 1. The number of nitrogens with zero attached hydrogens (tertiary/aromatic N) is 3. The Hall–Kier alpha value is -2.10. The van der Waals surface area contributed by atoms with Gasteiger partial charge in [0.25, 0.3) is 0 Å². The van der Waals surface area contributed by atoms with E-state index in [9.17, 15) is 19.5 Å². The van der Waals surface area contributed by atoms with Crippen LogP contribution in [-0.4, -0.2) is 91.2 Å². The zero-order valence-corrected chi connectivity index (χ0v) is 25.8. The Kier molecular flexibility index (Phi) is 10.6. The molecule has 3 heterocycles. The van der Waals surface area contributed by atoms with E-state index >= 15 is 0 Å². The molecule has 0 radical (unpaired) electrons. The number of rotatable bonds is 15. The third kappa shape index (κ3) is 5.79. The van der Waals surface area contributed by atoms with Crippen molar-refractivity contribution in [2.45, 2.75) is 66.4 Å². The Morgan fingerprint density at radius 3 is 2.48 bits per heavy atom. The summed E-state index contributed by atoms with van der Waals surface area (Å²) in [4.78, 5) is 48.3. The molecule has 3 unspecified atom stereocenters. The molecule has 3 aliphatic heterocycles. The van der Waals surface area contributed by atoms with Gasteiger partial charge in [0, 0.05) is 49.4 Å². The van der Waals surface area contributed by atoms with Gasteiger partial charge in [-0.15, -0.1) is 24.9 Å². The fourth-order valence-corrected chi connectivity index (χ4v) is 10.4. The molecule has 1 spiro atoms. The first-order chi connectivity index (χ1) is 19.3. The van der Waals surface area contributed by atoms with E-state index in [-0.39, 0.29) is 34.4 Å². The smallest absolute Gasteiger partial charge is 0.247 e. The van der Waals surface area contributed by atoms with Gasteiger partial charge in [-0.05, 0) is 37.7 Å². The van der Waals surface area contributed by atoms with Crippen LogP contribution in [0.5, 0.6) is 0 Å². The number of fused-ring (bicyclic) bond motifs is 1. The highest BCUT2D eigenvalue weighted by molar-refractivity contribution is 9.09. The highest BCUT2D eigenvalue weighted by atomic mass is 79.9. The highest BCUT2D eigenvalue weighted by Gasteiger charge is 2.75. The van der Waals surface area contributed by atoms with Crippen molar-refractivity contribution in [3.05, 3.63) is 61.2 Å². The number of amides is 3. The molecule has 3 fully saturated rings. The van der Waals surface area contributed by atoms with Gasteiger partial charge in [0.05, 0.1) is 16.6 Å². The molecule has 40 heavy (non-hydrogen) atoms. The molecule has 0 aliphatic carbocycles. The molecule has 9 heteroatoms. The van der Waals surface area contributed by atoms with Crippen molar-refractivity contribution in [3.8, 4) is 0 Å². The summed E-state index contributed by atoms with van der Waals surface area (Å²) in [6, 6.07) is 9.20. The second kappa shape index (κ2) is 13.7. The minimum atomic E-state index is -0.674. The van der Waals surface area contributed by atoms with Crippen LogP contribution in [0, 0.1) is 11.8 Å². The van der Waals surface area contributed by atoms with Crippen molar-refractivity contribution < 1.29 is 19.5 Å². The number of carbonyl (C=O) groups excluding carboxylic acids is 3. The molecule has 2 bridgehead atoms. The minimum Gasteiger partial charge on any atom is -0.396 e. The van der Waals surface area contributed by atoms with Gasteiger partial charge in [-0.3, -0.25) is 14.4 Å². The Morgan fingerprint density at radius 2 is 1.82 bits per heavy atom. The van der Waals surface area contributed by atoms with E-state index < -0.39 is 22.6 Å². The molecule has 3 saturated heterocycles. The van der Waals surface area contributed by atoms with E-state index in [0.29, 0.717) is 52.0 Å². The van der Waals surface area contributed by atoms with E-state index in [1.54, 1.807) is 33.7 Å². The fourth-order valence-electron chi connectivity index (χ4n) is 6.80. The van der Waals surface area contributed by atoms with Gasteiger partial charge in [0.1, 0.15) is 6.04 Å². The standard InChI is InChI=1S/C31H42BrN3O4S/c1-4-15-33(16-5-2)28(37)24-25-29(38)35(18-11-8-12-19-36)27(31(25)20-23(32)26(24)40-31)30(39)34(17-6-3)21-22-13-9-7-10-14-22/h4,6-7,9-10,13-14,23-27,36H,1,3,5,8,11-12,15-21H2,2H3/t23?,24-,25+,26-,27?,31?/m1/s1. The number of unbranched alkanes of at least 4 members (excludes halogenated alkanes) is 2. The zero-order valence-electron chi connectivity index (χ0n) is 23.4. The minimum absolute atomic E-state index is 0.0100. The number of hydrogen-bond donors (Lipinski definition) is 1. The van der Waals surface area contributed by atoms with Gasteiger partial charge >= 0.3 is 0 Å². The molecule has 0 aromatic heterocycles. The highest BCUT2D eigenvalue weighted by Crippen LogP contribution is 2.68. The number of alkyl halides is 1. The molecular weight excluding hydrogens is 590 g/mol. The van der Waals surface area contributed by atoms with Gasteiger partial charge in [-0.1, -0.05) is 65.3 Å². The second-order valence-corrected chi connectivity index (χ2v) is 13.8. The number of hydrogen-bond acceptors (Lipinski definition) is 5.